The summed E-state index contributed by atoms with van der Waals surface area (Å²) in [5, 5.41) is 9.13. The highest BCUT2D eigenvalue weighted by Crippen LogP contribution is 2.31. The van der Waals surface area contributed by atoms with Crippen LogP contribution in [0, 0.1) is 6.92 Å². The fourth-order valence-electron chi connectivity index (χ4n) is 3.04. The molecule has 0 saturated carbocycles. The second kappa shape index (κ2) is 5.08. The predicted molar refractivity (Wildman–Crippen MR) is 74.8 cm³/mol. The van der Waals surface area contributed by atoms with Crippen LogP contribution in [0.25, 0.3) is 0 Å². The van der Waals surface area contributed by atoms with Gasteiger partial charge in [-0.15, -0.1) is 0 Å². The molecule has 21 heavy (non-hydrogen) atoms. The van der Waals surface area contributed by atoms with Crippen LogP contribution < -0.4 is 0 Å². The van der Waals surface area contributed by atoms with Crippen molar-refractivity contribution in [2.75, 3.05) is 13.1 Å². The highest BCUT2D eigenvalue weighted by Gasteiger charge is 2.40. The number of ether oxygens (including phenoxy) is 1. The van der Waals surface area contributed by atoms with Gasteiger partial charge in [0.25, 0.3) is 0 Å². The average molecular weight is 311 g/mol. The van der Waals surface area contributed by atoms with E-state index in [0.29, 0.717) is 13.1 Å². The van der Waals surface area contributed by atoms with Gasteiger partial charge in [0, 0.05) is 13.1 Å². The van der Waals surface area contributed by atoms with Crippen LogP contribution in [0.3, 0.4) is 0 Å². The monoisotopic (exact) mass is 311 g/mol. The molecule has 0 spiro atoms. The molecule has 2 bridgehead atoms. The van der Waals surface area contributed by atoms with Crippen molar-refractivity contribution >= 4 is 16.0 Å². The maximum Gasteiger partial charge on any atom is 0.335 e. The minimum absolute atomic E-state index is 0.0207. The van der Waals surface area contributed by atoms with Crippen molar-refractivity contribution in [2.24, 2.45) is 0 Å². The van der Waals surface area contributed by atoms with Crippen molar-refractivity contribution in [3.63, 3.8) is 0 Å². The Balaban J connectivity index is 1.99. The van der Waals surface area contributed by atoms with Gasteiger partial charge < -0.3 is 9.84 Å². The normalized spacial score (nSPS) is 26.0. The highest BCUT2D eigenvalue weighted by atomic mass is 32.2. The van der Waals surface area contributed by atoms with E-state index in [1.54, 1.807) is 0 Å². The van der Waals surface area contributed by atoms with Crippen LogP contribution in [-0.4, -0.2) is 49.1 Å². The summed E-state index contributed by atoms with van der Waals surface area (Å²) in [5.74, 6) is -1.12. The topological polar surface area (TPSA) is 83.9 Å². The third-order valence-electron chi connectivity index (χ3n) is 4.14. The first-order valence-corrected chi connectivity index (χ1v) is 8.32. The van der Waals surface area contributed by atoms with Crippen molar-refractivity contribution in [3.8, 4) is 0 Å². The smallest absolute Gasteiger partial charge is 0.335 e. The van der Waals surface area contributed by atoms with Crippen molar-refractivity contribution < 1.29 is 23.1 Å². The van der Waals surface area contributed by atoms with Gasteiger partial charge in [-0.1, -0.05) is 6.07 Å². The molecule has 2 unspecified atom stereocenters. The van der Waals surface area contributed by atoms with Gasteiger partial charge in [0.2, 0.25) is 10.0 Å². The summed E-state index contributed by atoms with van der Waals surface area (Å²) in [6.07, 6.45) is 1.68. The number of aromatic carboxylic acids is 1. The van der Waals surface area contributed by atoms with E-state index in [4.69, 9.17) is 9.84 Å². The minimum atomic E-state index is -3.68. The minimum Gasteiger partial charge on any atom is -0.478 e. The molecule has 0 aliphatic carbocycles. The lowest BCUT2D eigenvalue weighted by Crippen LogP contribution is -2.45. The second-order valence-corrected chi connectivity index (χ2v) is 7.42. The lowest BCUT2D eigenvalue weighted by molar-refractivity contribution is -0.0114. The van der Waals surface area contributed by atoms with E-state index in [9.17, 15) is 13.2 Å². The zero-order valence-corrected chi connectivity index (χ0v) is 12.5. The van der Waals surface area contributed by atoms with Gasteiger partial charge in [-0.25, -0.2) is 13.2 Å². The molecule has 3 rings (SSSR count). The Kier molecular flexibility index (Phi) is 3.51. The highest BCUT2D eigenvalue weighted by molar-refractivity contribution is 7.89. The van der Waals surface area contributed by atoms with Crippen LogP contribution in [0.5, 0.6) is 0 Å². The molecule has 0 radical (unpaired) electrons. The van der Waals surface area contributed by atoms with E-state index < -0.39 is 16.0 Å². The Bertz CT molecular complexity index is 673. The number of rotatable bonds is 3. The molecule has 2 aliphatic rings. The molecule has 2 atom stereocenters. The van der Waals surface area contributed by atoms with E-state index in [2.05, 4.69) is 0 Å². The van der Waals surface area contributed by atoms with Crippen molar-refractivity contribution in [1.82, 2.24) is 4.31 Å². The summed E-state index contributed by atoms with van der Waals surface area (Å²) in [4.78, 5) is 11.2. The standard InChI is InChI=1S/C14H17NO5S/c1-9-12(14(16)17)3-2-4-13(9)21(18,19)15-7-10-5-6-11(8-15)20-10/h2-4,10-11H,5-8H2,1H3,(H,16,17). The summed E-state index contributed by atoms with van der Waals surface area (Å²) in [6, 6.07) is 4.35. The fraction of sp³-hybridized carbons (Fsp3) is 0.500. The number of hydrogen-bond donors (Lipinski definition) is 1. The van der Waals surface area contributed by atoms with Gasteiger partial charge in [0.1, 0.15) is 0 Å². The third kappa shape index (κ3) is 2.45. The number of fused-ring (bicyclic) bond motifs is 2. The maximum absolute atomic E-state index is 12.8. The quantitative estimate of drug-likeness (QED) is 0.908. The zero-order valence-electron chi connectivity index (χ0n) is 11.7. The van der Waals surface area contributed by atoms with Crippen LogP contribution in [0.2, 0.25) is 0 Å². The van der Waals surface area contributed by atoms with Gasteiger partial charge in [-0.2, -0.15) is 4.31 Å². The number of hydrogen-bond acceptors (Lipinski definition) is 4. The molecular weight excluding hydrogens is 294 g/mol. The number of sulfonamides is 1. The Morgan fingerprint density at radius 3 is 2.48 bits per heavy atom. The van der Waals surface area contributed by atoms with E-state index in [1.807, 2.05) is 0 Å². The van der Waals surface area contributed by atoms with Crippen LogP contribution in [0.4, 0.5) is 0 Å². The van der Waals surface area contributed by atoms with Crippen molar-refractivity contribution in [2.45, 2.75) is 36.9 Å². The number of morpholine rings is 1. The van der Waals surface area contributed by atoms with Gasteiger partial charge in [0.15, 0.2) is 0 Å². The molecule has 6 nitrogen and oxygen atoms in total. The molecule has 2 fully saturated rings. The lowest BCUT2D eigenvalue weighted by atomic mass is 10.1. The Morgan fingerprint density at radius 2 is 1.90 bits per heavy atom. The number of nitrogens with zero attached hydrogens (tertiary/aromatic N) is 1. The molecule has 2 aliphatic heterocycles. The van der Waals surface area contributed by atoms with Gasteiger partial charge in [-0.3, -0.25) is 0 Å². The fourth-order valence-corrected chi connectivity index (χ4v) is 4.79. The van der Waals surface area contributed by atoms with E-state index in [1.165, 1.54) is 29.4 Å². The Labute approximate surface area is 123 Å². The first-order valence-electron chi connectivity index (χ1n) is 6.88. The number of benzene rings is 1. The molecule has 2 saturated heterocycles. The predicted octanol–water partition coefficient (Wildman–Crippen LogP) is 1.25. The maximum atomic E-state index is 12.8. The summed E-state index contributed by atoms with van der Waals surface area (Å²) in [5.41, 5.74) is 0.302. The summed E-state index contributed by atoms with van der Waals surface area (Å²) < 4.78 is 32.6. The molecule has 7 heteroatoms. The van der Waals surface area contributed by atoms with Crippen molar-refractivity contribution in [1.29, 1.82) is 0 Å². The summed E-state index contributed by atoms with van der Waals surface area (Å²) >= 11 is 0. The lowest BCUT2D eigenvalue weighted by Gasteiger charge is -2.31. The van der Waals surface area contributed by atoms with Crippen LogP contribution in [-0.2, 0) is 14.8 Å². The third-order valence-corrected chi connectivity index (χ3v) is 6.12. The van der Waals surface area contributed by atoms with Crippen LogP contribution in [0.15, 0.2) is 23.1 Å². The van der Waals surface area contributed by atoms with Gasteiger partial charge in [-0.05, 0) is 37.5 Å². The molecule has 0 amide bonds. The molecule has 114 valence electrons. The Hall–Kier alpha value is -1.44. The number of carbonyl (C=O) groups is 1. The molecular formula is C14H17NO5S. The molecule has 1 aromatic carbocycles. The zero-order chi connectivity index (χ0) is 15.2. The first-order chi connectivity index (χ1) is 9.89. The van der Waals surface area contributed by atoms with Crippen LogP contribution in [0.1, 0.15) is 28.8 Å². The molecule has 1 N–H and O–H groups in total. The van der Waals surface area contributed by atoms with Gasteiger partial charge in [0.05, 0.1) is 22.7 Å². The first kappa shape index (κ1) is 14.5. The van der Waals surface area contributed by atoms with E-state index >= 15 is 0 Å². The Morgan fingerprint density at radius 1 is 1.29 bits per heavy atom. The summed E-state index contributed by atoms with van der Waals surface area (Å²) in [6.45, 7) is 2.22. The number of carboxylic acid groups (broad SMARTS) is 1. The van der Waals surface area contributed by atoms with E-state index in [-0.39, 0.29) is 28.2 Å². The molecule has 0 aromatic heterocycles. The molecule has 2 heterocycles. The largest absolute Gasteiger partial charge is 0.478 e. The average Bonchev–Trinajstić information content (AvgIpc) is 2.77. The second-order valence-electron chi connectivity index (χ2n) is 5.51. The SMILES string of the molecule is Cc1c(C(=O)O)cccc1S(=O)(=O)N1CC2CCC(C1)O2. The number of carboxylic acids is 1. The van der Waals surface area contributed by atoms with Crippen LogP contribution >= 0.6 is 0 Å². The van der Waals surface area contributed by atoms with Gasteiger partial charge >= 0.3 is 5.97 Å². The van der Waals surface area contributed by atoms with Crippen molar-refractivity contribution in [3.05, 3.63) is 29.3 Å². The summed E-state index contributed by atoms with van der Waals surface area (Å²) in [7, 11) is -3.68. The van der Waals surface area contributed by atoms with E-state index in [0.717, 1.165) is 12.8 Å². The molecule has 1 aromatic rings.